The van der Waals surface area contributed by atoms with Crippen LogP contribution in [0.3, 0.4) is 0 Å². The van der Waals surface area contributed by atoms with Crippen LogP contribution in [-0.2, 0) is 11.3 Å². The minimum absolute atomic E-state index is 0.00214. The average Bonchev–Trinajstić information content (AvgIpc) is 3.15. The quantitative estimate of drug-likeness (QED) is 0.477. The fourth-order valence-electron chi connectivity index (χ4n) is 3.23. The summed E-state index contributed by atoms with van der Waals surface area (Å²) in [6.07, 6.45) is 1.67. The highest BCUT2D eigenvalue weighted by molar-refractivity contribution is 7.99. The molecule has 2 aromatic heterocycles. The SMILES string of the molecule is CC(C)CCNC(=O)NC(=O)CSc1nnc2n(CCC(C)C)c(=O)c3ccccc3n12. The molecule has 0 fully saturated rings. The zero-order valence-corrected chi connectivity index (χ0v) is 19.7. The Kier molecular flexibility index (Phi) is 7.89. The number of imide groups is 1. The molecule has 0 aliphatic carbocycles. The van der Waals surface area contributed by atoms with Crippen LogP contribution in [0.1, 0.15) is 40.5 Å². The first-order chi connectivity index (χ1) is 15.3. The van der Waals surface area contributed by atoms with E-state index in [1.807, 2.05) is 18.2 Å². The number of thioether (sulfide) groups is 1. The molecule has 0 saturated carbocycles. The number of amides is 3. The van der Waals surface area contributed by atoms with Gasteiger partial charge >= 0.3 is 6.03 Å². The van der Waals surface area contributed by atoms with Gasteiger partial charge in [0.25, 0.3) is 5.56 Å². The van der Waals surface area contributed by atoms with E-state index in [-0.39, 0.29) is 11.3 Å². The molecule has 0 aliphatic rings. The summed E-state index contributed by atoms with van der Waals surface area (Å²) in [7, 11) is 0. The van der Waals surface area contributed by atoms with Crippen molar-refractivity contribution in [3.05, 3.63) is 34.6 Å². The predicted octanol–water partition coefficient (Wildman–Crippen LogP) is 3.05. The maximum absolute atomic E-state index is 13.0. The Morgan fingerprint density at radius 2 is 1.78 bits per heavy atom. The molecule has 1 aromatic carbocycles. The van der Waals surface area contributed by atoms with Gasteiger partial charge in [-0.2, -0.15) is 0 Å². The zero-order chi connectivity index (χ0) is 23.3. The third-order valence-corrected chi connectivity index (χ3v) is 5.93. The van der Waals surface area contributed by atoms with E-state index in [2.05, 4.69) is 48.5 Å². The highest BCUT2D eigenvalue weighted by Gasteiger charge is 2.18. The second kappa shape index (κ2) is 10.6. The van der Waals surface area contributed by atoms with Crippen LogP contribution in [0.2, 0.25) is 0 Å². The molecule has 32 heavy (non-hydrogen) atoms. The monoisotopic (exact) mass is 458 g/mol. The molecule has 2 N–H and O–H groups in total. The molecule has 0 aliphatic heterocycles. The van der Waals surface area contributed by atoms with E-state index in [0.717, 1.165) is 12.8 Å². The number of carbonyl (C=O) groups is 2. The largest absolute Gasteiger partial charge is 0.338 e. The highest BCUT2D eigenvalue weighted by Crippen LogP contribution is 2.21. The van der Waals surface area contributed by atoms with Gasteiger partial charge in [0, 0.05) is 13.1 Å². The van der Waals surface area contributed by atoms with Gasteiger partial charge < -0.3 is 5.32 Å². The summed E-state index contributed by atoms with van der Waals surface area (Å²) in [4.78, 5) is 37.2. The number of benzene rings is 1. The van der Waals surface area contributed by atoms with Gasteiger partial charge in [-0.15, -0.1) is 10.2 Å². The third-order valence-electron chi connectivity index (χ3n) is 5.00. The lowest BCUT2D eigenvalue weighted by Gasteiger charge is -2.12. The average molecular weight is 459 g/mol. The minimum Gasteiger partial charge on any atom is -0.338 e. The van der Waals surface area contributed by atoms with E-state index in [1.165, 1.54) is 11.8 Å². The number of aryl methyl sites for hydroxylation is 1. The number of hydrogen-bond acceptors (Lipinski definition) is 6. The summed E-state index contributed by atoms with van der Waals surface area (Å²) in [5, 5.41) is 14.5. The van der Waals surface area contributed by atoms with Crippen LogP contribution in [-0.4, -0.2) is 43.4 Å². The van der Waals surface area contributed by atoms with Crippen molar-refractivity contribution >= 4 is 40.4 Å². The lowest BCUT2D eigenvalue weighted by Crippen LogP contribution is -2.40. The van der Waals surface area contributed by atoms with Crippen molar-refractivity contribution in [2.45, 2.75) is 52.2 Å². The van der Waals surface area contributed by atoms with Crippen molar-refractivity contribution in [2.75, 3.05) is 12.3 Å². The van der Waals surface area contributed by atoms with Gasteiger partial charge in [0.05, 0.1) is 16.7 Å². The maximum atomic E-state index is 13.0. The van der Waals surface area contributed by atoms with Crippen molar-refractivity contribution in [3.8, 4) is 0 Å². The fraction of sp³-hybridized carbons (Fsp3) is 0.500. The van der Waals surface area contributed by atoms with E-state index in [9.17, 15) is 14.4 Å². The minimum atomic E-state index is -0.504. The molecular formula is C22H30N6O3S. The Balaban J connectivity index is 1.80. The van der Waals surface area contributed by atoms with Crippen LogP contribution in [0.4, 0.5) is 4.79 Å². The number of fused-ring (bicyclic) bond motifs is 3. The van der Waals surface area contributed by atoms with Crippen LogP contribution in [0.5, 0.6) is 0 Å². The molecule has 0 radical (unpaired) electrons. The van der Waals surface area contributed by atoms with Gasteiger partial charge in [0.2, 0.25) is 11.7 Å². The Bertz CT molecular complexity index is 1170. The predicted molar refractivity (Wildman–Crippen MR) is 126 cm³/mol. The number of aromatic nitrogens is 4. The Morgan fingerprint density at radius 1 is 1.06 bits per heavy atom. The fourth-order valence-corrected chi connectivity index (χ4v) is 3.97. The molecule has 0 atom stereocenters. The maximum Gasteiger partial charge on any atom is 0.321 e. The van der Waals surface area contributed by atoms with Gasteiger partial charge in [-0.3, -0.25) is 23.9 Å². The van der Waals surface area contributed by atoms with Gasteiger partial charge in [-0.25, -0.2) is 4.79 Å². The molecule has 10 heteroatoms. The molecule has 0 bridgehead atoms. The third kappa shape index (κ3) is 5.67. The highest BCUT2D eigenvalue weighted by atomic mass is 32.2. The molecule has 0 spiro atoms. The standard InChI is InChI=1S/C22H30N6O3S/c1-14(2)9-11-23-20(31)24-18(29)13-32-22-26-25-21-27(12-10-15(3)4)19(30)16-7-5-6-8-17(16)28(21)22/h5-8,14-15H,9-13H2,1-4H3,(H2,23,24,29,31). The summed E-state index contributed by atoms with van der Waals surface area (Å²) in [5.41, 5.74) is 0.584. The summed E-state index contributed by atoms with van der Waals surface area (Å²) in [6, 6.07) is 6.79. The van der Waals surface area contributed by atoms with Crippen LogP contribution in [0.15, 0.2) is 34.2 Å². The van der Waals surface area contributed by atoms with Gasteiger partial charge in [-0.05, 0) is 36.8 Å². The molecule has 0 saturated heterocycles. The lowest BCUT2D eigenvalue weighted by molar-refractivity contribution is -0.117. The van der Waals surface area contributed by atoms with Crippen LogP contribution in [0, 0.1) is 11.8 Å². The molecule has 0 unspecified atom stereocenters. The summed E-state index contributed by atoms with van der Waals surface area (Å²) in [6.45, 7) is 9.38. The number of carbonyl (C=O) groups excluding carboxylic acids is 2. The van der Waals surface area contributed by atoms with Crippen molar-refractivity contribution in [1.29, 1.82) is 0 Å². The first-order valence-corrected chi connectivity index (χ1v) is 11.8. The van der Waals surface area contributed by atoms with Gasteiger partial charge in [0.15, 0.2) is 5.16 Å². The molecule has 3 aromatic rings. The van der Waals surface area contributed by atoms with Gasteiger partial charge in [0.1, 0.15) is 0 Å². The second-order valence-electron chi connectivity index (χ2n) is 8.55. The Labute approximate surface area is 191 Å². The van der Waals surface area contributed by atoms with Crippen molar-refractivity contribution in [1.82, 2.24) is 29.8 Å². The smallest absolute Gasteiger partial charge is 0.321 e. The summed E-state index contributed by atoms with van der Waals surface area (Å²) in [5.74, 6) is 0.920. The van der Waals surface area contributed by atoms with Crippen LogP contribution >= 0.6 is 11.8 Å². The molecule has 3 amide bonds. The van der Waals surface area contributed by atoms with E-state index in [4.69, 9.17) is 0 Å². The zero-order valence-electron chi connectivity index (χ0n) is 18.9. The van der Waals surface area contributed by atoms with E-state index >= 15 is 0 Å². The topological polar surface area (TPSA) is 110 Å². The summed E-state index contributed by atoms with van der Waals surface area (Å²) < 4.78 is 3.44. The lowest BCUT2D eigenvalue weighted by atomic mass is 10.1. The number of hydrogen-bond donors (Lipinski definition) is 2. The summed E-state index contributed by atoms with van der Waals surface area (Å²) >= 11 is 1.17. The molecule has 172 valence electrons. The molecule has 9 nitrogen and oxygen atoms in total. The van der Waals surface area contributed by atoms with Crippen molar-refractivity contribution in [3.63, 3.8) is 0 Å². The molecule has 3 rings (SSSR count). The second-order valence-corrected chi connectivity index (χ2v) is 9.49. The van der Waals surface area contributed by atoms with E-state index in [0.29, 0.717) is 46.8 Å². The van der Waals surface area contributed by atoms with E-state index < -0.39 is 11.9 Å². The number of nitrogens with one attached hydrogen (secondary N) is 2. The Hall–Kier alpha value is -2.88. The van der Waals surface area contributed by atoms with Crippen molar-refractivity contribution < 1.29 is 9.59 Å². The Morgan fingerprint density at radius 3 is 2.50 bits per heavy atom. The first kappa shape index (κ1) is 23.8. The number of nitrogens with zero attached hydrogens (tertiary/aromatic N) is 4. The van der Waals surface area contributed by atoms with Crippen molar-refractivity contribution in [2.24, 2.45) is 11.8 Å². The number of rotatable bonds is 9. The van der Waals surface area contributed by atoms with Gasteiger partial charge in [-0.1, -0.05) is 51.6 Å². The normalized spacial score (nSPS) is 11.6. The van der Waals surface area contributed by atoms with E-state index in [1.54, 1.807) is 15.0 Å². The first-order valence-electron chi connectivity index (χ1n) is 10.8. The van der Waals surface area contributed by atoms with Crippen LogP contribution < -0.4 is 16.2 Å². The number of para-hydroxylation sites is 1. The number of urea groups is 1. The molecule has 2 heterocycles. The van der Waals surface area contributed by atoms with Crippen LogP contribution in [0.25, 0.3) is 16.7 Å². The molecular weight excluding hydrogens is 428 g/mol.